The average molecular weight is 301 g/mol. The minimum Gasteiger partial charge on any atom is -0.399 e. The zero-order chi connectivity index (χ0) is 15.0. The van der Waals surface area contributed by atoms with Crippen LogP contribution in [0.25, 0.3) is 0 Å². The monoisotopic (exact) mass is 301 g/mol. The van der Waals surface area contributed by atoms with Crippen LogP contribution < -0.4 is 16.4 Å². The zero-order valence-corrected chi connectivity index (χ0v) is 11.8. The van der Waals surface area contributed by atoms with E-state index in [1.54, 1.807) is 6.07 Å². The lowest BCUT2D eigenvalue weighted by Gasteiger charge is -2.06. The molecule has 1 aromatic rings. The Labute approximate surface area is 120 Å². The fourth-order valence-corrected chi connectivity index (χ4v) is 1.97. The molecule has 6 nitrogen and oxygen atoms in total. The Morgan fingerprint density at radius 1 is 1.45 bits per heavy atom. The molecule has 0 saturated carbocycles. The first-order chi connectivity index (χ1) is 9.52. The molecule has 0 spiro atoms. The van der Waals surface area contributed by atoms with Crippen LogP contribution in [0.2, 0.25) is 0 Å². The summed E-state index contributed by atoms with van der Waals surface area (Å²) in [6.07, 6.45) is 0. The molecular formula is C12H16FN3O3S. The minimum atomic E-state index is -0.606. The number of methoxy groups -OCH3 is 1. The summed E-state index contributed by atoms with van der Waals surface area (Å²) in [7, 11) is 1.50. The maximum absolute atomic E-state index is 13.4. The fraction of sp³-hybridized carbons (Fsp3) is 0.333. The van der Waals surface area contributed by atoms with Crippen molar-refractivity contribution in [3.8, 4) is 0 Å². The summed E-state index contributed by atoms with van der Waals surface area (Å²) in [5, 5.41) is 4.56. The van der Waals surface area contributed by atoms with Gasteiger partial charge >= 0.3 is 6.03 Å². The van der Waals surface area contributed by atoms with Gasteiger partial charge in [-0.15, -0.1) is 11.8 Å². The Bertz CT molecular complexity index is 485. The number of rotatable bonds is 6. The number of thioether (sulfide) groups is 1. The number of benzene rings is 1. The highest BCUT2D eigenvalue weighted by atomic mass is 32.2. The molecular weight excluding hydrogens is 285 g/mol. The fourth-order valence-electron chi connectivity index (χ4n) is 1.25. The normalized spacial score (nSPS) is 10.1. The smallest absolute Gasteiger partial charge is 0.321 e. The van der Waals surface area contributed by atoms with E-state index in [1.807, 2.05) is 0 Å². The van der Waals surface area contributed by atoms with Crippen molar-refractivity contribution in [2.45, 2.75) is 4.90 Å². The number of nitrogen functional groups attached to an aromatic ring is 1. The molecule has 8 heteroatoms. The van der Waals surface area contributed by atoms with Crippen LogP contribution in [0, 0.1) is 5.82 Å². The van der Waals surface area contributed by atoms with Crippen LogP contribution in [0.5, 0.6) is 0 Å². The largest absolute Gasteiger partial charge is 0.399 e. The highest BCUT2D eigenvalue weighted by Crippen LogP contribution is 2.23. The number of imide groups is 1. The Morgan fingerprint density at radius 2 is 2.20 bits per heavy atom. The Morgan fingerprint density at radius 3 is 2.85 bits per heavy atom. The van der Waals surface area contributed by atoms with Gasteiger partial charge in [-0.05, 0) is 18.2 Å². The van der Waals surface area contributed by atoms with Crippen molar-refractivity contribution >= 4 is 29.4 Å². The molecule has 3 amide bonds. The van der Waals surface area contributed by atoms with Crippen LogP contribution in [0.1, 0.15) is 0 Å². The topological polar surface area (TPSA) is 93.5 Å². The molecule has 0 saturated heterocycles. The zero-order valence-electron chi connectivity index (χ0n) is 10.9. The van der Waals surface area contributed by atoms with E-state index in [2.05, 4.69) is 10.6 Å². The lowest BCUT2D eigenvalue weighted by Crippen LogP contribution is -2.41. The number of amides is 3. The second-order valence-corrected chi connectivity index (χ2v) is 4.79. The lowest BCUT2D eigenvalue weighted by molar-refractivity contribution is -0.117. The van der Waals surface area contributed by atoms with E-state index in [9.17, 15) is 14.0 Å². The minimum absolute atomic E-state index is 0.0709. The number of nitrogens with two attached hydrogens (primary N) is 1. The average Bonchev–Trinajstić information content (AvgIpc) is 2.38. The van der Waals surface area contributed by atoms with Gasteiger partial charge in [-0.2, -0.15) is 0 Å². The van der Waals surface area contributed by atoms with Gasteiger partial charge < -0.3 is 15.8 Å². The van der Waals surface area contributed by atoms with Gasteiger partial charge in [0.2, 0.25) is 5.91 Å². The second-order valence-electron chi connectivity index (χ2n) is 3.78. The van der Waals surface area contributed by atoms with Crippen LogP contribution in [0.15, 0.2) is 23.1 Å². The molecule has 0 atom stereocenters. The van der Waals surface area contributed by atoms with Gasteiger partial charge in [0.25, 0.3) is 0 Å². The first-order valence-electron chi connectivity index (χ1n) is 5.77. The third-order valence-electron chi connectivity index (χ3n) is 2.16. The van der Waals surface area contributed by atoms with Crippen molar-refractivity contribution in [1.29, 1.82) is 0 Å². The molecule has 0 radical (unpaired) electrons. The second kappa shape index (κ2) is 8.39. The molecule has 0 aromatic heterocycles. The molecule has 0 unspecified atom stereocenters. The Hall–Kier alpha value is -1.80. The number of anilines is 1. The number of ether oxygens (including phenoxy) is 1. The summed E-state index contributed by atoms with van der Waals surface area (Å²) in [6, 6.07) is 3.60. The molecule has 0 aliphatic carbocycles. The maximum Gasteiger partial charge on any atom is 0.321 e. The maximum atomic E-state index is 13.4. The number of carbonyl (C=O) groups is 2. The summed E-state index contributed by atoms with van der Waals surface area (Å²) in [5.41, 5.74) is 5.73. The van der Waals surface area contributed by atoms with Crippen LogP contribution in [0.4, 0.5) is 14.9 Å². The third-order valence-corrected chi connectivity index (χ3v) is 3.21. The highest BCUT2D eigenvalue weighted by Gasteiger charge is 2.10. The lowest BCUT2D eigenvalue weighted by atomic mass is 10.3. The van der Waals surface area contributed by atoms with Crippen LogP contribution in [-0.2, 0) is 9.53 Å². The first kappa shape index (κ1) is 16.3. The quantitative estimate of drug-likeness (QED) is 0.413. The molecule has 4 N–H and O–H groups in total. The van der Waals surface area contributed by atoms with Gasteiger partial charge in [-0.25, -0.2) is 9.18 Å². The SMILES string of the molecule is COCCNC(=O)NC(=O)CSc1ccc(N)cc1F. The molecule has 0 bridgehead atoms. The summed E-state index contributed by atoms with van der Waals surface area (Å²) in [5.74, 6) is -1.08. The van der Waals surface area contributed by atoms with Gasteiger partial charge in [0.05, 0.1) is 12.4 Å². The van der Waals surface area contributed by atoms with Crippen molar-refractivity contribution in [3.63, 3.8) is 0 Å². The highest BCUT2D eigenvalue weighted by molar-refractivity contribution is 8.00. The van der Waals surface area contributed by atoms with Crippen molar-refractivity contribution in [3.05, 3.63) is 24.0 Å². The molecule has 110 valence electrons. The molecule has 0 heterocycles. The van der Waals surface area contributed by atoms with E-state index in [1.165, 1.54) is 19.2 Å². The van der Waals surface area contributed by atoms with Crippen LogP contribution >= 0.6 is 11.8 Å². The van der Waals surface area contributed by atoms with Crippen LogP contribution in [0.3, 0.4) is 0 Å². The number of hydrogen-bond acceptors (Lipinski definition) is 5. The van der Waals surface area contributed by atoms with E-state index >= 15 is 0 Å². The van der Waals surface area contributed by atoms with Gasteiger partial charge in [0, 0.05) is 24.2 Å². The molecule has 20 heavy (non-hydrogen) atoms. The van der Waals surface area contributed by atoms with Gasteiger partial charge in [0.15, 0.2) is 0 Å². The summed E-state index contributed by atoms with van der Waals surface area (Å²) >= 11 is 0.987. The Kier molecular flexibility index (Phi) is 6.82. The van der Waals surface area contributed by atoms with Crippen LogP contribution in [-0.4, -0.2) is 38.0 Å². The molecule has 1 rings (SSSR count). The molecule has 0 aliphatic rings. The predicted molar refractivity (Wildman–Crippen MR) is 75.0 cm³/mol. The van der Waals surface area contributed by atoms with E-state index in [0.29, 0.717) is 23.7 Å². The van der Waals surface area contributed by atoms with E-state index in [-0.39, 0.29) is 5.75 Å². The standard InChI is InChI=1S/C12H16FN3O3S/c1-19-5-4-15-12(18)16-11(17)7-20-10-3-2-8(14)6-9(10)13/h2-3,6H,4-5,7,14H2,1H3,(H2,15,16,17,18). The van der Waals surface area contributed by atoms with Crippen molar-refractivity contribution < 1.29 is 18.7 Å². The predicted octanol–water partition coefficient (Wildman–Crippen LogP) is 0.972. The summed E-state index contributed by atoms with van der Waals surface area (Å²) in [4.78, 5) is 23.0. The van der Waals surface area contributed by atoms with E-state index in [0.717, 1.165) is 11.8 Å². The molecule has 0 fully saturated rings. The van der Waals surface area contributed by atoms with Gasteiger partial charge in [-0.1, -0.05) is 0 Å². The van der Waals surface area contributed by atoms with Crippen molar-refractivity contribution in [2.75, 3.05) is 31.7 Å². The number of hydrogen-bond donors (Lipinski definition) is 3. The van der Waals surface area contributed by atoms with Crippen molar-refractivity contribution in [1.82, 2.24) is 10.6 Å². The van der Waals surface area contributed by atoms with Crippen molar-refractivity contribution in [2.24, 2.45) is 0 Å². The van der Waals surface area contributed by atoms with Gasteiger partial charge in [0.1, 0.15) is 5.82 Å². The number of halogens is 1. The van der Waals surface area contributed by atoms with E-state index in [4.69, 9.17) is 10.5 Å². The Balaban J connectivity index is 2.34. The van der Waals surface area contributed by atoms with Gasteiger partial charge in [-0.3, -0.25) is 10.1 Å². The first-order valence-corrected chi connectivity index (χ1v) is 6.76. The number of urea groups is 1. The summed E-state index contributed by atoms with van der Waals surface area (Å²) in [6.45, 7) is 0.655. The number of carbonyl (C=O) groups excluding carboxylic acids is 2. The molecule has 1 aromatic carbocycles. The number of nitrogens with one attached hydrogen (secondary N) is 2. The van der Waals surface area contributed by atoms with E-state index < -0.39 is 17.8 Å². The molecule has 0 aliphatic heterocycles. The summed E-state index contributed by atoms with van der Waals surface area (Å²) < 4.78 is 18.2. The third kappa shape index (κ3) is 5.89.